The monoisotopic (exact) mass is 316 g/mol. The molecule has 2 saturated heterocycles. The van der Waals surface area contributed by atoms with Gasteiger partial charge in [0.2, 0.25) is 5.91 Å². The number of benzene rings is 1. The Morgan fingerprint density at radius 2 is 2.30 bits per heavy atom. The molecule has 122 valence electrons. The minimum absolute atomic E-state index is 0.0812. The van der Waals surface area contributed by atoms with Crippen LogP contribution in [0.15, 0.2) is 18.3 Å². The van der Waals surface area contributed by atoms with Gasteiger partial charge in [0.25, 0.3) is 0 Å². The zero-order valence-corrected chi connectivity index (χ0v) is 12.8. The number of fused-ring (bicyclic) bond motifs is 1. The lowest BCUT2D eigenvalue weighted by Crippen LogP contribution is -2.38. The fourth-order valence-corrected chi connectivity index (χ4v) is 3.01. The fourth-order valence-electron chi connectivity index (χ4n) is 3.01. The maximum absolute atomic E-state index is 11.6. The molecule has 7 heteroatoms. The predicted molar refractivity (Wildman–Crippen MR) is 85.1 cm³/mol. The first-order valence-corrected chi connectivity index (χ1v) is 7.98. The van der Waals surface area contributed by atoms with E-state index in [4.69, 9.17) is 15.2 Å². The number of amides is 1. The van der Waals surface area contributed by atoms with Crippen LogP contribution in [0.4, 0.5) is 5.69 Å². The topological polar surface area (TPSA) is 91.4 Å². The van der Waals surface area contributed by atoms with Gasteiger partial charge in [0.05, 0.1) is 24.4 Å². The lowest BCUT2D eigenvalue weighted by atomic mass is 10.0. The molecule has 1 unspecified atom stereocenters. The third-order valence-corrected chi connectivity index (χ3v) is 4.45. The minimum Gasteiger partial charge on any atom is -0.483 e. The van der Waals surface area contributed by atoms with Gasteiger partial charge in [0.1, 0.15) is 11.9 Å². The van der Waals surface area contributed by atoms with Crippen LogP contribution in [0.3, 0.4) is 0 Å². The molecule has 0 aliphatic carbocycles. The van der Waals surface area contributed by atoms with Gasteiger partial charge in [-0.2, -0.15) is 5.10 Å². The van der Waals surface area contributed by atoms with Crippen LogP contribution in [0.5, 0.6) is 5.75 Å². The highest BCUT2D eigenvalue weighted by molar-refractivity contribution is 5.84. The molecule has 2 aliphatic rings. The molecule has 3 heterocycles. The Balaban J connectivity index is 1.49. The van der Waals surface area contributed by atoms with E-state index < -0.39 is 0 Å². The Morgan fingerprint density at radius 3 is 3.00 bits per heavy atom. The zero-order chi connectivity index (χ0) is 15.8. The molecule has 7 nitrogen and oxygen atoms in total. The number of aromatic nitrogens is 2. The van der Waals surface area contributed by atoms with Gasteiger partial charge in [-0.05, 0) is 18.9 Å². The van der Waals surface area contributed by atoms with Gasteiger partial charge in [0, 0.05) is 36.7 Å². The third kappa shape index (κ3) is 2.84. The Bertz CT molecular complexity index is 738. The number of nitrogens with two attached hydrogens (primary N) is 1. The number of rotatable bonds is 5. The van der Waals surface area contributed by atoms with Crippen LogP contribution in [-0.2, 0) is 16.1 Å². The molecule has 2 aromatic rings. The lowest BCUT2D eigenvalue weighted by molar-refractivity contribution is -0.122. The van der Waals surface area contributed by atoms with E-state index in [9.17, 15) is 4.79 Å². The summed E-state index contributed by atoms with van der Waals surface area (Å²) in [7, 11) is 0. The molecule has 1 amide bonds. The predicted octanol–water partition coefficient (Wildman–Crippen LogP) is 0.922. The van der Waals surface area contributed by atoms with Crippen molar-refractivity contribution < 1.29 is 14.3 Å². The van der Waals surface area contributed by atoms with E-state index in [1.165, 1.54) is 0 Å². The lowest BCUT2D eigenvalue weighted by Gasteiger charge is -2.27. The van der Waals surface area contributed by atoms with Crippen molar-refractivity contribution >= 4 is 22.5 Å². The van der Waals surface area contributed by atoms with E-state index in [2.05, 4.69) is 10.4 Å². The molecule has 0 spiro atoms. The first kappa shape index (κ1) is 14.3. The zero-order valence-electron chi connectivity index (χ0n) is 12.8. The molecular weight excluding hydrogens is 296 g/mol. The van der Waals surface area contributed by atoms with E-state index >= 15 is 0 Å². The van der Waals surface area contributed by atoms with Crippen LogP contribution in [0.2, 0.25) is 0 Å². The van der Waals surface area contributed by atoms with Crippen molar-refractivity contribution in [2.75, 3.05) is 25.5 Å². The summed E-state index contributed by atoms with van der Waals surface area (Å²) in [5, 5.41) is 8.42. The van der Waals surface area contributed by atoms with Crippen molar-refractivity contribution in [2.24, 2.45) is 5.92 Å². The summed E-state index contributed by atoms with van der Waals surface area (Å²) in [6, 6.07) is 3.76. The molecule has 23 heavy (non-hydrogen) atoms. The molecule has 1 aromatic heterocycles. The first-order chi connectivity index (χ1) is 11.2. The van der Waals surface area contributed by atoms with E-state index in [-0.39, 0.29) is 17.9 Å². The highest BCUT2D eigenvalue weighted by Gasteiger charge is 2.24. The number of ether oxygens (including phenoxy) is 2. The quantitative estimate of drug-likeness (QED) is 0.801. The summed E-state index contributed by atoms with van der Waals surface area (Å²) in [5.74, 6) is 0.917. The molecule has 0 radical (unpaired) electrons. The largest absolute Gasteiger partial charge is 0.483 e. The molecular formula is C16H20N4O3. The molecule has 0 bridgehead atoms. The van der Waals surface area contributed by atoms with Crippen molar-refractivity contribution in [1.82, 2.24) is 15.1 Å². The van der Waals surface area contributed by atoms with Crippen LogP contribution < -0.4 is 15.8 Å². The SMILES string of the molecule is Nc1cc2cn(CCC3CCNC3=O)nc2cc1OC1COC1. The standard InChI is InChI=1S/C16H20N4O3/c17-13-5-11-7-20(4-2-10-1-3-18-16(10)21)19-14(11)6-15(13)23-12-8-22-9-12/h5-7,10,12H,1-4,8-9,17H2,(H,18,21). The summed E-state index contributed by atoms with van der Waals surface area (Å²) in [6.07, 6.45) is 3.76. The number of nitrogens with one attached hydrogen (secondary N) is 1. The Morgan fingerprint density at radius 1 is 1.43 bits per heavy atom. The van der Waals surface area contributed by atoms with Gasteiger partial charge in [-0.3, -0.25) is 9.48 Å². The molecule has 4 rings (SSSR count). The van der Waals surface area contributed by atoms with Gasteiger partial charge in [0.15, 0.2) is 0 Å². The smallest absolute Gasteiger partial charge is 0.223 e. The van der Waals surface area contributed by atoms with E-state index in [1.807, 2.05) is 23.0 Å². The normalized spacial score (nSPS) is 21.4. The van der Waals surface area contributed by atoms with Crippen LogP contribution >= 0.6 is 0 Å². The summed E-state index contributed by atoms with van der Waals surface area (Å²) in [5.41, 5.74) is 7.52. The second-order valence-electron chi connectivity index (χ2n) is 6.18. The average Bonchev–Trinajstić information content (AvgIpc) is 3.06. The van der Waals surface area contributed by atoms with Crippen LogP contribution in [0, 0.1) is 5.92 Å². The average molecular weight is 316 g/mol. The van der Waals surface area contributed by atoms with Gasteiger partial charge in [-0.1, -0.05) is 0 Å². The number of nitrogens with zero attached hydrogens (tertiary/aromatic N) is 2. The summed E-state index contributed by atoms with van der Waals surface area (Å²) < 4.78 is 12.8. The number of carbonyl (C=O) groups excluding carboxylic acids is 1. The van der Waals surface area contributed by atoms with E-state index in [0.717, 1.165) is 36.8 Å². The van der Waals surface area contributed by atoms with Gasteiger partial charge < -0.3 is 20.5 Å². The summed E-state index contributed by atoms with van der Waals surface area (Å²) in [4.78, 5) is 11.6. The molecule has 2 aliphatic heterocycles. The maximum Gasteiger partial charge on any atom is 0.223 e. The van der Waals surface area contributed by atoms with E-state index in [0.29, 0.717) is 24.7 Å². The number of aryl methyl sites for hydroxylation is 1. The van der Waals surface area contributed by atoms with Crippen molar-refractivity contribution in [3.8, 4) is 5.75 Å². The second-order valence-corrected chi connectivity index (χ2v) is 6.18. The van der Waals surface area contributed by atoms with Crippen molar-refractivity contribution in [3.05, 3.63) is 18.3 Å². The number of carbonyl (C=O) groups is 1. The molecule has 2 fully saturated rings. The van der Waals surface area contributed by atoms with Gasteiger partial charge in [-0.15, -0.1) is 0 Å². The summed E-state index contributed by atoms with van der Waals surface area (Å²) in [6.45, 7) is 2.72. The second kappa shape index (κ2) is 5.73. The molecule has 1 atom stereocenters. The first-order valence-electron chi connectivity index (χ1n) is 7.98. The van der Waals surface area contributed by atoms with Crippen LogP contribution in [-0.4, -0.2) is 41.6 Å². The Labute approximate surface area is 133 Å². The maximum atomic E-state index is 11.6. The van der Waals surface area contributed by atoms with Gasteiger partial charge >= 0.3 is 0 Å². The third-order valence-electron chi connectivity index (χ3n) is 4.45. The number of nitrogen functional groups attached to an aromatic ring is 1. The fraction of sp³-hybridized carbons (Fsp3) is 0.500. The highest BCUT2D eigenvalue weighted by atomic mass is 16.6. The minimum atomic E-state index is 0.0812. The van der Waals surface area contributed by atoms with Gasteiger partial charge in [-0.25, -0.2) is 0 Å². The van der Waals surface area contributed by atoms with Crippen molar-refractivity contribution in [3.63, 3.8) is 0 Å². The van der Waals surface area contributed by atoms with E-state index in [1.54, 1.807) is 0 Å². The number of hydrogen-bond donors (Lipinski definition) is 2. The van der Waals surface area contributed by atoms with Crippen LogP contribution in [0.1, 0.15) is 12.8 Å². The molecule has 3 N–H and O–H groups in total. The number of anilines is 1. The highest BCUT2D eigenvalue weighted by Crippen LogP contribution is 2.29. The number of hydrogen-bond acceptors (Lipinski definition) is 5. The Hall–Kier alpha value is -2.28. The molecule has 0 saturated carbocycles. The molecule has 1 aromatic carbocycles. The van der Waals surface area contributed by atoms with Crippen molar-refractivity contribution in [2.45, 2.75) is 25.5 Å². The van der Waals surface area contributed by atoms with Crippen molar-refractivity contribution in [1.29, 1.82) is 0 Å². The Kier molecular flexibility index (Phi) is 3.57. The summed E-state index contributed by atoms with van der Waals surface area (Å²) >= 11 is 0. The van der Waals surface area contributed by atoms with Crippen LogP contribution in [0.25, 0.3) is 10.9 Å².